The normalized spacial score (nSPS) is 12.8. The first-order valence-corrected chi connectivity index (χ1v) is 6.84. The molecule has 20 heavy (non-hydrogen) atoms. The lowest BCUT2D eigenvalue weighted by molar-refractivity contribution is -0.138. The molecule has 0 aliphatic carbocycles. The Morgan fingerprint density at radius 2 is 1.90 bits per heavy atom. The summed E-state index contributed by atoms with van der Waals surface area (Å²) in [5.74, 6) is -1.40. The summed E-state index contributed by atoms with van der Waals surface area (Å²) in [6.45, 7) is 5.58. The van der Waals surface area contributed by atoms with E-state index < -0.39 is 17.9 Å². The summed E-state index contributed by atoms with van der Waals surface area (Å²) in [4.78, 5) is 23.1. The minimum atomic E-state index is -0.970. The van der Waals surface area contributed by atoms with Crippen molar-refractivity contribution in [1.82, 2.24) is 5.32 Å². The number of rotatable bonds is 4. The van der Waals surface area contributed by atoms with Crippen LogP contribution >= 0.6 is 23.2 Å². The van der Waals surface area contributed by atoms with Crippen LogP contribution in [0.25, 0.3) is 0 Å². The molecule has 1 atom stereocenters. The fourth-order valence-electron chi connectivity index (χ4n) is 1.66. The molecular formula is C14H17Cl2NO3. The second kappa shape index (κ2) is 6.46. The van der Waals surface area contributed by atoms with Gasteiger partial charge in [-0.3, -0.25) is 9.59 Å². The predicted molar refractivity (Wildman–Crippen MR) is 79.4 cm³/mol. The number of aliphatic carboxylic acids is 1. The Morgan fingerprint density at radius 1 is 1.30 bits per heavy atom. The standard InChI is InChI=1S/C14H17Cl2NO3/c1-14(2,3)11(7-12(18)19)17-13(20)9-6-8(15)4-5-10(9)16/h4-6,11H,7H2,1-3H3,(H,17,20)(H,18,19). The molecule has 0 aliphatic rings. The van der Waals surface area contributed by atoms with Gasteiger partial charge < -0.3 is 10.4 Å². The van der Waals surface area contributed by atoms with Gasteiger partial charge in [-0.15, -0.1) is 0 Å². The van der Waals surface area contributed by atoms with E-state index in [-0.39, 0.29) is 22.4 Å². The van der Waals surface area contributed by atoms with Gasteiger partial charge in [0.25, 0.3) is 5.91 Å². The predicted octanol–water partition coefficient (Wildman–Crippen LogP) is 3.61. The van der Waals surface area contributed by atoms with Gasteiger partial charge in [0.05, 0.1) is 17.0 Å². The molecule has 1 aromatic rings. The number of carboxylic acids is 1. The quantitative estimate of drug-likeness (QED) is 0.891. The first-order chi connectivity index (χ1) is 9.11. The molecule has 0 saturated heterocycles. The number of carboxylic acid groups (broad SMARTS) is 1. The van der Waals surface area contributed by atoms with Gasteiger partial charge in [-0.25, -0.2) is 0 Å². The fraction of sp³-hybridized carbons (Fsp3) is 0.429. The molecule has 0 aliphatic heterocycles. The van der Waals surface area contributed by atoms with Gasteiger partial charge in [-0.2, -0.15) is 0 Å². The maximum atomic E-state index is 12.2. The number of benzene rings is 1. The van der Waals surface area contributed by atoms with E-state index in [2.05, 4.69) is 5.32 Å². The van der Waals surface area contributed by atoms with Crippen LogP contribution in [0, 0.1) is 5.41 Å². The zero-order valence-corrected chi connectivity index (χ0v) is 13.0. The third-order valence-corrected chi connectivity index (χ3v) is 3.47. The molecule has 0 spiro atoms. The van der Waals surface area contributed by atoms with E-state index in [1.165, 1.54) is 12.1 Å². The van der Waals surface area contributed by atoms with Crippen molar-refractivity contribution in [3.63, 3.8) is 0 Å². The van der Waals surface area contributed by atoms with Crippen molar-refractivity contribution in [2.45, 2.75) is 33.2 Å². The minimum Gasteiger partial charge on any atom is -0.481 e. The fourth-order valence-corrected chi connectivity index (χ4v) is 2.03. The molecule has 1 aromatic carbocycles. The molecule has 2 N–H and O–H groups in total. The number of nitrogens with one attached hydrogen (secondary N) is 1. The average molecular weight is 318 g/mol. The summed E-state index contributed by atoms with van der Waals surface area (Å²) in [5.41, 5.74) is -0.155. The third-order valence-electron chi connectivity index (χ3n) is 2.90. The van der Waals surface area contributed by atoms with Crippen LogP contribution in [0.4, 0.5) is 0 Å². The van der Waals surface area contributed by atoms with Gasteiger partial charge >= 0.3 is 5.97 Å². The van der Waals surface area contributed by atoms with Crippen molar-refractivity contribution in [3.8, 4) is 0 Å². The lowest BCUT2D eigenvalue weighted by Gasteiger charge is -2.30. The second-order valence-electron chi connectivity index (χ2n) is 5.61. The first kappa shape index (κ1) is 16.8. The topological polar surface area (TPSA) is 66.4 Å². The highest BCUT2D eigenvalue weighted by Crippen LogP contribution is 2.24. The summed E-state index contributed by atoms with van der Waals surface area (Å²) in [5, 5.41) is 12.3. The van der Waals surface area contributed by atoms with E-state index in [0.29, 0.717) is 5.02 Å². The number of hydrogen-bond acceptors (Lipinski definition) is 2. The summed E-state index contributed by atoms with van der Waals surface area (Å²) in [6.07, 6.45) is -0.159. The van der Waals surface area contributed by atoms with Crippen LogP contribution in [0.3, 0.4) is 0 Å². The highest BCUT2D eigenvalue weighted by atomic mass is 35.5. The first-order valence-electron chi connectivity index (χ1n) is 6.09. The maximum absolute atomic E-state index is 12.2. The highest BCUT2D eigenvalue weighted by Gasteiger charge is 2.29. The van der Waals surface area contributed by atoms with Gasteiger partial charge in [-0.05, 0) is 23.6 Å². The van der Waals surface area contributed by atoms with Crippen molar-refractivity contribution in [1.29, 1.82) is 0 Å². The molecule has 1 unspecified atom stereocenters. The van der Waals surface area contributed by atoms with Crippen molar-refractivity contribution in [3.05, 3.63) is 33.8 Å². The average Bonchev–Trinajstić information content (AvgIpc) is 2.29. The maximum Gasteiger partial charge on any atom is 0.305 e. The lowest BCUT2D eigenvalue weighted by atomic mass is 9.84. The molecule has 0 aromatic heterocycles. The van der Waals surface area contributed by atoms with E-state index in [1.54, 1.807) is 6.07 Å². The molecule has 1 rings (SSSR count). The molecule has 0 fully saturated rings. The minimum absolute atomic E-state index is 0.159. The SMILES string of the molecule is CC(C)(C)C(CC(=O)O)NC(=O)c1cc(Cl)ccc1Cl. The van der Waals surface area contributed by atoms with E-state index >= 15 is 0 Å². The highest BCUT2D eigenvalue weighted by molar-refractivity contribution is 6.35. The summed E-state index contributed by atoms with van der Waals surface area (Å²) in [6, 6.07) is 4.06. The molecule has 6 heteroatoms. The molecule has 0 radical (unpaired) electrons. The van der Waals surface area contributed by atoms with Crippen LogP contribution in [0.15, 0.2) is 18.2 Å². The Morgan fingerprint density at radius 3 is 2.40 bits per heavy atom. The number of amides is 1. The van der Waals surface area contributed by atoms with E-state index in [9.17, 15) is 9.59 Å². The summed E-state index contributed by atoms with van der Waals surface area (Å²) in [7, 11) is 0. The number of hydrogen-bond donors (Lipinski definition) is 2. The van der Waals surface area contributed by atoms with E-state index in [0.717, 1.165) is 0 Å². The van der Waals surface area contributed by atoms with Crippen molar-refractivity contribution >= 4 is 35.1 Å². The van der Waals surface area contributed by atoms with Crippen molar-refractivity contribution in [2.75, 3.05) is 0 Å². The molecule has 1 amide bonds. The summed E-state index contributed by atoms with van der Waals surface area (Å²) < 4.78 is 0. The Hall–Kier alpha value is -1.26. The smallest absolute Gasteiger partial charge is 0.305 e. The lowest BCUT2D eigenvalue weighted by Crippen LogP contribution is -2.45. The van der Waals surface area contributed by atoms with Gasteiger partial charge in [0.2, 0.25) is 0 Å². The zero-order valence-electron chi connectivity index (χ0n) is 11.5. The van der Waals surface area contributed by atoms with Gasteiger partial charge in [0.15, 0.2) is 0 Å². The van der Waals surface area contributed by atoms with Gasteiger partial charge in [0, 0.05) is 11.1 Å². The third kappa shape index (κ3) is 4.69. The molecule has 0 heterocycles. The zero-order chi connectivity index (χ0) is 15.5. The Bertz CT molecular complexity index is 524. The second-order valence-corrected chi connectivity index (χ2v) is 6.46. The van der Waals surface area contributed by atoms with Crippen LogP contribution in [0.1, 0.15) is 37.6 Å². The van der Waals surface area contributed by atoms with Crippen LogP contribution in [-0.4, -0.2) is 23.0 Å². The Labute approximate surface area is 128 Å². The van der Waals surface area contributed by atoms with Crippen LogP contribution < -0.4 is 5.32 Å². The monoisotopic (exact) mass is 317 g/mol. The molecule has 4 nitrogen and oxygen atoms in total. The molecule has 110 valence electrons. The van der Waals surface area contributed by atoms with Gasteiger partial charge in [0.1, 0.15) is 0 Å². The van der Waals surface area contributed by atoms with Crippen molar-refractivity contribution in [2.24, 2.45) is 5.41 Å². The number of halogens is 2. The van der Waals surface area contributed by atoms with E-state index in [1.807, 2.05) is 20.8 Å². The Balaban J connectivity index is 2.96. The van der Waals surface area contributed by atoms with Crippen LogP contribution in [-0.2, 0) is 4.79 Å². The molecule has 0 saturated carbocycles. The molecule has 0 bridgehead atoms. The van der Waals surface area contributed by atoms with Crippen LogP contribution in [0.5, 0.6) is 0 Å². The van der Waals surface area contributed by atoms with E-state index in [4.69, 9.17) is 28.3 Å². The van der Waals surface area contributed by atoms with Crippen molar-refractivity contribution < 1.29 is 14.7 Å². The Kier molecular flexibility index (Phi) is 5.42. The number of carbonyl (C=O) groups is 2. The van der Waals surface area contributed by atoms with Crippen LogP contribution in [0.2, 0.25) is 10.0 Å². The summed E-state index contributed by atoms with van der Waals surface area (Å²) >= 11 is 11.8. The largest absolute Gasteiger partial charge is 0.481 e. The molecular weight excluding hydrogens is 301 g/mol. The number of carbonyl (C=O) groups excluding carboxylic acids is 1. The van der Waals surface area contributed by atoms with Gasteiger partial charge in [-0.1, -0.05) is 44.0 Å².